The highest BCUT2D eigenvalue weighted by Crippen LogP contribution is 2.27. The van der Waals surface area contributed by atoms with Crippen LogP contribution in [-0.2, 0) is 30.3 Å². The number of aryl methyl sites for hydroxylation is 2. The van der Waals surface area contributed by atoms with Crippen molar-refractivity contribution >= 4 is 23.9 Å². The molecule has 2 aromatic rings. The first kappa shape index (κ1) is 38.0. The van der Waals surface area contributed by atoms with Crippen LogP contribution in [0.1, 0.15) is 90.1 Å². The Morgan fingerprint density at radius 1 is 0.891 bits per heavy atom. The van der Waals surface area contributed by atoms with Gasteiger partial charge in [0.15, 0.2) is 0 Å². The van der Waals surface area contributed by atoms with Crippen LogP contribution in [0.15, 0.2) is 61.2 Å². The third-order valence-electron chi connectivity index (χ3n) is 7.46. The molecule has 252 valence electrons. The summed E-state index contributed by atoms with van der Waals surface area (Å²) in [5.41, 5.74) is 1.78. The lowest BCUT2D eigenvalue weighted by Gasteiger charge is -2.36. The van der Waals surface area contributed by atoms with Crippen LogP contribution in [0, 0.1) is 19.8 Å². The van der Waals surface area contributed by atoms with Crippen molar-refractivity contribution in [1.29, 1.82) is 0 Å². The summed E-state index contributed by atoms with van der Waals surface area (Å²) in [7, 11) is 0. The average Bonchev–Trinajstić information content (AvgIpc) is 2.95. The van der Waals surface area contributed by atoms with Crippen molar-refractivity contribution in [2.75, 3.05) is 6.54 Å². The van der Waals surface area contributed by atoms with E-state index in [0.29, 0.717) is 12.0 Å². The summed E-state index contributed by atoms with van der Waals surface area (Å²) in [6.45, 7) is 22.1. The predicted molar refractivity (Wildman–Crippen MR) is 181 cm³/mol. The number of hydrogen-bond donors (Lipinski definition) is 2. The molecule has 0 fully saturated rings. The van der Waals surface area contributed by atoms with Crippen molar-refractivity contribution < 1.29 is 28.7 Å². The van der Waals surface area contributed by atoms with Gasteiger partial charge in [0.25, 0.3) is 0 Å². The van der Waals surface area contributed by atoms with E-state index in [1.807, 2.05) is 70.2 Å². The first-order valence-electron chi connectivity index (χ1n) is 15.9. The molecule has 3 amide bonds. The maximum Gasteiger partial charge on any atom is 0.408 e. The maximum absolute atomic E-state index is 14.4. The molecule has 4 atom stereocenters. The van der Waals surface area contributed by atoms with Crippen LogP contribution < -0.4 is 10.6 Å². The molecule has 0 bridgehead atoms. The van der Waals surface area contributed by atoms with E-state index in [0.717, 1.165) is 16.7 Å². The second-order valence-corrected chi connectivity index (χ2v) is 13.8. The van der Waals surface area contributed by atoms with Gasteiger partial charge in [-0.05, 0) is 83.6 Å². The fourth-order valence-corrected chi connectivity index (χ4v) is 4.83. The monoisotopic (exact) mass is 635 g/mol. The lowest BCUT2D eigenvalue weighted by Crippen LogP contribution is -2.56. The molecule has 0 spiro atoms. The summed E-state index contributed by atoms with van der Waals surface area (Å²) in [5.74, 6) is -1.92. The number of hydrogen-bond acceptors (Lipinski definition) is 6. The molecule has 0 aliphatic heterocycles. The van der Waals surface area contributed by atoms with Crippen LogP contribution >= 0.6 is 0 Å². The predicted octanol–water partition coefficient (Wildman–Crippen LogP) is 6.37. The molecule has 0 radical (unpaired) electrons. The van der Waals surface area contributed by atoms with Gasteiger partial charge in [-0.1, -0.05) is 74.9 Å². The van der Waals surface area contributed by atoms with E-state index >= 15 is 0 Å². The first-order valence-corrected chi connectivity index (χ1v) is 15.9. The van der Waals surface area contributed by atoms with Gasteiger partial charge >= 0.3 is 12.1 Å². The van der Waals surface area contributed by atoms with Crippen LogP contribution in [-0.4, -0.2) is 58.6 Å². The summed E-state index contributed by atoms with van der Waals surface area (Å²) >= 11 is 0. The van der Waals surface area contributed by atoms with Crippen molar-refractivity contribution in [3.8, 4) is 0 Å². The van der Waals surface area contributed by atoms with Crippen molar-refractivity contribution in [3.05, 3.63) is 83.4 Å². The highest BCUT2D eigenvalue weighted by atomic mass is 16.6. The fourth-order valence-electron chi connectivity index (χ4n) is 4.83. The molecule has 0 aliphatic rings. The second kappa shape index (κ2) is 16.4. The highest BCUT2D eigenvalue weighted by molar-refractivity contribution is 5.94. The summed E-state index contributed by atoms with van der Waals surface area (Å²) in [5, 5.41) is 5.67. The van der Waals surface area contributed by atoms with Crippen LogP contribution in [0.4, 0.5) is 4.79 Å². The van der Waals surface area contributed by atoms with Gasteiger partial charge in [0, 0.05) is 13.0 Å². The zero-order valence-electron chi connectivity index (χ0n) is 29.2. The van der Waals surface area contributed by atoms with Crippen molar-refractivity contribution in [3.63, 3.8) is 0 Å². The topological polar surface area (TPSA) is 114 Å². The molecular weight excluding hydrogens is 582 g/mol. The molecule has 2 aromatic carbocycles. The Balaban J connectivity index is 2.64. The molecule has 0 aliphatic carbocycles. The maximum atomic E-state index is 14.4. The van der Waals surface area contributed by atoms with Crippen LogP contribution in [0.5, 0.6) is 0 Å². The third-order valence-corrected chi connectivity index (χ3v) is 7.46. The minimum absolute atomic E-state index is 0.00255. The number of amides is 3. The Morgan fingerprint density at radius 3 is 2.02 bits per heavy atom. The molecular formula is C37H53N3O6. The molecule has 46 heavy (non-hydrogen) atoms. The Morgan fingerprint density at radius 2 is 1.50 bits per heavy atom. The lowest BCUT2D eigenvalue weighted by molar-refractivity contribution is -0.159. The van der Waals surface area contributed by atoms with E-state index in [9.17, 15) is 19.2 Å². The Kier molecular flexibility index (Phi) is 13.6. The Hall–Kier alpha value is -4.14. The van der Waals surface area contributed by atoms with Gasteiger partial charge in [0.05, 0.1) is 0 Å². The Bertz CT molecular complexity index is 1360. The van der Waals surface area contributed by atoms with E-state index in [2.05, 4.69) is 17.2 Å². The second-order valence-electron chi connectivity index (χ2n) is 13.8. The molecule has 0 saturated carbocycles. The van der Waals surface area contributed by atoms with Crippen molar-refractivity contribution in [2.24, 2.45) is 5.92 Å². The number of ether oxygens (including phenoxy) is 2. The smallest absolute Gasteiger partial charge is 0.408 e. The quantitative estimate of drug-likeness (QED) is 0.195. The molecule has 9 heteroatoms. The number of carbonyl (C=O) groups is 4. The van der Waals surface area contributed by atoms with Crippen LogP contribution in [0.3, 0.4) is 0 Å². The third kappa shape index (κ3) is 11.7. The summed E-state index contributed by atoms with van der Waals surface area (Å²) in [6.07, 6.45) is 1.57. The number of alkyl carbamates (subject to hydrolysis) is 1. The van der Waals surface area contributed by atoms with Gasteiger partial charge < -0.3 is 25.0 Å². The zero-order chi connectivity index (χ0) is 34.8. The van der Waals surface area contributed by atoms with Gasteiger partial charge in [-0.15, -0.1) is 6.58 Å². The zero-order valence-corrected chi connectivity index (χ0v) is 29.2. The summed E-state index contributed by atoms with van der Waals surface area (Å²) < 4.78 is 11.2. The van der Waals surface area contributed by atoms with Crippen molar-refractivity contribution in [2.45, 2.75) is 111 Å². The molecule has 9 nitrogen and oxygen atoms in total. The minimum Gasteiger partial charge on any atom is -0.458 e. The summed E-state index contributed by atoms with van der Waals surface area (Å²) in [4.78, 5) is 56.6. The van der Waals surface area contributed by atoms with Gasteiger partial charge in [0.1, 0.15) is 29.3 Å². The lowest BCUT2D eigenvalue weighted by atomic mass is 9.94. The standard InChI is InChI=1S/C37H53N3O6/c1-12-21-40(33(42)30(24(3)13-2)39-35(44)46-37(9,10)11)31(28-20-19-25(4)26(5)22-28)32(41)38-29(34(43)45-36(6,7)8)23-27-17-15-14-16-18-27/h12,14-20,22,24,29-31H,1,13,21,23H2,2-11H3,(H,38,41)(H,39,44). The normalized spacial score (nSPS) is 14.2. The van der Waals surface area contributed by atoms with E-state index in [1.165, 1.54) is 11.0 Å². The van der Waals surface area contributed by atoms with Crippen LogP contribution in [0.25, 0.3) is 0 Å². The number of rotatable bonds is 13. The molecule has 2 N–H and O–H groups in total. The van der Waals surface area contributed by atoms with E-state index < -0.39 is 53.2 Å². The molecule has 0 heterocycles. The Labute approximate surface area is 275 Å². The van der Waals surface area contributed by atoms with E-state index in [1.54, 1.807) is 47.6 Å². The minimum atomic E-state index is -1.16. The molecule has 4 unspecified atom stereocenters. The van der Waals surface area contributed by atoms with Gasteiger partial charge in [-0.3, -0.25) is 9.59 Å². The highest BCUT2D eigenvalue weighted by Gasteiger charge is 2.39. The fraction of sp³-hybridized carbons (Fsp3) is 0.514. The van der Waals surface area contributed by atoms with Gasteiger partial charge in [0.2, 0.25) is 11.8 Å². The van der Waals surface area contributed by atoms with Crippen LogP contribution in [0.2, 0.25) is 0 Å². The molecule has 0 aromatic heterocycles. The number of esters is 1. The molecule has 2 rings (SSSR count). The van der Waals surface area contributed by atoms with E-state index in [-0.39, 0.29) is 18.9 Å². The van der Waals surface area contributed by atoms with Crippen molar-refractivity contribution in [1.82, 2.24) is 15.5 Å². The number of nitrogens with zero attached hydrogens (tertiary/aromatic N) is 1. The van der Waals surface area contributed by atoms with Gasteiger partial charge in [-0.2, -0.15) is 0 Å². The summed E-state index contributed by atoms with van der Waals surface area (Å²) in [6, 6.07) is 11.7. The number of nitrogens with one attached hydrogen (secondary N) is 2. The number of carbonyl (C=O) groups excluding carboxylic acids is 4. The SMILES string of the molecule is C=CCN(C(=O)C(NC(=O)OC(C)(C)C)C(C)CC)C(C(=O)NC(Cc1ccccc1)C(=O)OC(C)(C)C)c1ccc(C)c(C)c1. The van der Waals surface area contributed by atoms with E-state index in [4.69, 9.17) is 9.47 Å². The number of benzene rings is 2. The molecule has 0 saturated heterocycles. The largest absolute Gasteiger partial charge is 0.458 e. The average molecular weight is 636 g/mol. The first-order chi connectivity index (χ1) is 21.4. The van der Waals surface area contributed by atoms with Gasteiger partial charge in [-0.25, -0.2) is 9.59 Å².